The zero-order valence-electron chi connectivity index (χ0n) is 9.77. The first kappa shape index (κ1) is 13.1. The molecule has 1 unspecified atom stereocenters. The van der Waals surface area contributed by atoms with Crippen LogP contribution in [0.25, 0.3) is 0 Å². The lowest BCUT2D eigenvalue weighted by molar-refractivity contribution is 0.411. The quantitative estimate of drug-likeness (QED) is 0.754. The summed E-state index contributed by atoms with van der Waals surface area (Å²) < 4.78 is 28.0. The Morgan fingerprint density at radius 3 is 2.62 bits per heavy atom. The van der Waals surface area contributed by atoms with Crippen molar-refractivity contribution < 1.29 is 8.42 Å². The van der Waals surface area contributed by atoms with Crippen LogP contribution in [0, 0.1) is 0 Å². The molecule has 0 saturated heterocycles. The van der Waals surface area contributed by atoms with Crippen molar-refractivity contribution in [3.05, 3.63) is 12.4 Å². The van der Waals surface area contributed by atoms with E-state index in [-0.39, 0.29) is 11.4 Å². The Balaban J connectivity index is 2.96. The molecule has 0 fully saturated rings. The molecule has 0 saturated carbocycles. The van der Waals surface area contributed by atoms with Crippen LogP contribution in [0.5, 0.6) is 0 Å². The van der Waals surface area contributed by atoms with Crippen molar-refractivity contribution >= 4 is 10.0 Å². The first-order valence-electron chi connectivity index (χ1n) is 5.06. The van der Waals surface area contributed by atoms with Crippen molar-refractivity contribution in [2.45, 2.75) is 30.7 Å². The van der Waals surface area contributed by atoms with Crippen LogP contribution < -0.4 is 10.5 Å². The molecular formula is C9H18N4O2S. The highest BCUT2D eigenvalue weighted by atomic mass is 32.2. The van der Waals surface area contributed by atoms with Gasteiger partial charge in [0, 0.05) is 25.3 Å². The van der Waals surface area contributed by atoms with E-state index >= 15 is 0 Å². The van der Waals surface area contributed by atoms with E-state index in [1.165, 1.54) is 17.1 Å². The molecule has 0 aliphatic rings. The molecule has 0 spiro atoms. The van der Waals surface area contributed by atoms with Gasteiger partial charge in [0.15, 0.2) is 0 Å². The predicted octanol–water partition coefficient (Wildman–Crippen LogP) is -0.174. The third kappa shape index (κ3) is 2.81. The molecule has 0 radical (unpaired) electrons. The van der Waals surface area contributed by atoms with Crippen LogP contribution in [0.4, 0.5) is 0 Å². The Kier molecular flexibility index (Phi) is 3.72. The van der Waals surface area contributed by atoms with Gasteiger partial charge in [0.2, 0.25) is 10.0 Å². The Morgan fingerprint density at radius 2 is 2.25 bits per heavy atom. The predicted molar refractivity (Wildman–Crippen MR) is 61.3 cm³/mol. The molecule has 0 aliphatic heterocycles. The van der Waals surface area contributed by atoms with Gasteiger partial charge in [-0.2, -0.15) is 5.10 Å². The average Bonchev–Trinajstić information content (AvgIpc) is 2.65. The highest BCUT2D eigenvalue weighted by molar-refractivity contribution is 7.89. The topological polar surface area (TPSA) is 90.0 Å². The zero-order chi connectivity index (χ0) is 12.4. The van der Waals surface area contributed by atoms with E-state index < -0.39 is 15.6 Å². The standard InChI is InChI=1S/C9H18N4O2S/c1-4-9(2,7-10)12-16(14,15)8-5-11-13(3)6-8/h5-6,12H,4,7,10H2,1-3H3. The van der Waals surface area contributed by atoms with E-state index in [9.17, 15) is 8.42 Å². The smallest absolute Gasteiger partial charge is 0.244 e. The molecule has 0 amide bonds. The average molecular weight is 246 g/mol. The molecule has 0 aromatic carbocycles. The molecule has 1 atom stereocenters. The first-order chi connectivity index (χ1) is 7.33. The summed E-state index contributed by atoms with van der Waals surface area (Å²) in [5.74, 6) is 0. The molecule has 3 N–H and O–H groups in total. The van der Waals surface area contributed by atoms with Gasteiger partial charge in [-0.05, 0) is 13.3 Å². The normalized spacial score (nSPS) is 16.0. The van der Waals surface area contributed by atoms with Gasteiger partial charge >= 0.3 is 0 Å². The maximum absolute atomic E-state index is 12.0. The third-order valence-electron chi connectivity index (χ3n) is 2.60. The minimum atomic E-state index is -3.53. The monoisotopic (exact) mass is 246 g/mol. The van der Waals surface area contributed by atoms with Crippen LogP contribution in [0.15, 0.2) is 17.3 Å². The highest BCUT2D eigenvalue weighted by Crippen LogP contribution is 2.14. The van der Waals surface area contributed by atoms with Gasteiger partial charge < -0.3 is 5.73 Å². The third-order valence-corrected chi connectivity index (χ3v) is 4.20. The molecule has 1 rings (SSSR count). The number of nitrogens with one attached hydrogen (secondary N) is 1. The number of nitrogens with two attached hydrogens (primary N) is 1. The van der Waals surface area contributed by atoms with Crippen LogP contribution in [0.3, 0.4) is 0 Å². The van der Waals surface area contributed by atoms with E-state index in [2.05, 4.69) is 9.82 Å². The van der Waals surface area contributed by atoms with E-state index in [1.54, 1.807) is 14.0 Å². The molecule has 16 heavy (non-hydrogen) atoms. The van der Waals surface area contributed by atoms with Gasteiger partial charge in [-0.15, -0.1) is 0 Å². The second-order valence-corrected chi connectivity index (χ2v) is 5.76. The lowest BCUT2D eigenvalue weighted by Crippen LogP contribution is -2.50. The van der Waals surface area contributed by atoms with Crippen LogP contribution in [0.1, 0.15) is 20.3 Å². The van der Waals surface area contributed by atoms with Gasteiger partial charge in [-0.3, -0.25) is 4.68 Å². The lowest BCUT2D eigenvalue weighted by Gasteiger charge is -2.27. The van der Waals surface area contributed by atoms with E-state index in [4.69, 9.17) is 5.73 Å². The molecule has 1 heterocycles. The summed E-state index contributed by atoms with van der Waals surface area (Å²) in [5.41, 5.74) is 4.94. The number of rotatable bonds is 5. The van der Waals surface area contributed by atoms with Gasteiger partial charge in [0.05, 0.1) is 6.20 Å². The van der Waals surface area contributed by atoms with Crippen LogP contribution >= 0.6 is 0 Å². The Hall–Kier alpha value is -0.920. The number of nitrogens with zero attached hydrogens (tertiary/aromatic N) is 2. The minimum Gasteiger partial charge on any atom is -0.329 e. The largest absolute Gasteiger partial charge is 0.329 e. The van der Waals surface area contributed by atoms with Crippen molar-refractivity contribution in [1.82, 2.24) is 14.5 Å². The van der Waals surface area contributed by atoms with Crippen molar-refractivity contribution in [3.63, 3.8) is 0 Å². The van der Waals surface area contributed by atoms with Crippen molar-refractivity contribution in [2.24, 2.45) is 12.8 Å². The van der Waals surface area contributed by atoms with Crippen LogP contribution in [-0.4, -0.2) is 30.3 Å². The number of hydrogen-bond donors (Lipinski definition) is 2. The highest BCUT2D eigenvalue weighted by Gasteiger charge is 2.28. The van der Waals surface area contributed by atoms with Gasteiger partial charge in [-0.25, -0.2) is 13.1 Å². The van der Waals surface area contributed by atoms with E-state index in [1.807, 2.05) is 6.92 Å². The summed E-state index contributed by atoms with van der Waals surface area (Å²) >= 11 is 0. The maximum atomic E-state index is 12.0. The maximum Gasteiger partial charge on any atom is 0.244 e. The summed E-state index contributed by atoms with van der Waals surface area (Å²) in [6.45, 7) is 3.92. The number of sulfonamides is 1. The number of aromatic nitrogens is 2. The first-order valence-corrected chi connectivity index (χ1v) is 6.54. The molecule has 1 aromatic rings. The van der Waals surface area contributed by atoms with Gasteiger partial charge in [0.25, 0.3) is 0 Å². The van der Waals surface area contributed by atoms with E-state index in [0.717, 1.165) is 0 Å². The summed E-state index contributed by atoms with van der Waals surface area (Å²) in [5, 5.41) is 3.83. The number of hydrogen-bond acceptors (Lipinski definition) is 4. The number of aryl methyl sites for hydroxylation is 1. The molecule has 0 bridgehead atoms. The van der Waals surface area contributed by atoms with Crippen LogP contribution in [-0.2, 0) is 17.1 Å². The van der Waals surface area contributed by atoms with Crippen molar-refractivity contribution in [1.29, 1.82) is 0 Å². The zero-order valence-corrected chi connectivity index (χ0v) is 10.6. The summed E-state index contributed by atoms with van der Waals surface area (Å²) in [7, 11) is -1.87. The fourth-order valence-corrected chi connectivity index (χ4v) is 2.65. The molecule has 0 aliphatic carbocycles. The summed E-state index contributed by atoms with van der Waals surface area (Å²) in [6, 6.07) is 0. The molecule has 1 aromatic heterocycles. The SMILES string of the molecule is CCC(C)(CN)NS(=O)(=O)c1cnn(C)c1. The Labute approximate surface area is 95.9 Å². The Bertz CT molecular complexity index is 448. The molecule has 92 valence electrons. The van der Waals surface area contributed by atoms with Crippen LogP contribution in [0.2, 0.25) is 0 Å². The lowest BCUT2D eigenvalue weighted by atomic mass is 10.0. The fraction of sp³-hybridized carbons (Fsp3) is 0.667. The van der Waals surface area contributed by atoms with Gasteiger partial charge in [0.1, 0.15) is 4.90 Å². The second-order valence-electron chi connectivity index (χ2n) is 4.07. The van der Waals surface area contributed by atoms with E-state index in [0.29, 0.717) is 6.42 Å². The second kappa shape index (κ2) is 4.52. The molecular weight excluding hydrogens is 228 g/mol. The van der Waals surface area contributed by atoms with Crippen molar-refractivity contribution in [3.8, 4) is 0 Å². The fourth-order valence-electron chi connectivity index (χ4n) is 1.18. The summed E-state index contributed by atoms with van der Waals surface area (Å²) in [4.78, 5) is 0.156. The Morgan fingerprint density at radius 1 is 1.62 bits per heavy atom. The molecule has 7 heteroatoms. The van der Waals surface area contributed by atoms with Gasteiger partial charge in [-0.1, -0.05) is 6.92 Å². The van der Waals surface area contributed by atoms with Crippen molar-refractivity contribution in [2.75, 3.05) is 6.54 Å². The summed E-state index contributed by atoms with van der Waals surface area (Å²) in [6.07, 6.45) is 3.40. The molecule has 6 nitrogen and oxygen atoms in total. The minimum absolute atomic E-state index is 0.156.